The molecule has 0 aliphatic carbocycles. The molecule has 4 aromatic heterocycles. The zero-order chi connectivity index (χ0) is 24.6. The summed E-state index contributed by atoms with van der Waals surface area (Å²) in [5, 5.41) is 15.9. The van der Waals surface area contributed by atoms with Crippen molar-refractivity contribution < 1.29 is 8.91 Å². The van der Waals surface area contributed by atoms with E-state index in [4.69, 9.17) is 9.51 Å². The molecule has 1 aliphatic heterocycles. The number of rotatable bonds is 6. The van der Waals surface area contributed by atoms with E-state index in [2.05, 4.69) is 50.5 Å². The average Bonchev–Trinajstić information content (AvgIpc) is 3.66. The Hall–Kier alpha value is -4.15. The third-order valence-electron chi connectivity index (χ3n) is 6.78. The molecule has 0 saturated carbocycles. The minimum absolute atomic E-state index is 0.250. The second-order valence-corrected chi connectivity index (χ2v) is 9.50. The molecule has 0 unspecified atom stereocenters. The van der Waals surface area contributed by atoms with Gasteiger partial charge in [-0.05, 0) is 52.9 Å². The van der Waals surface area contributed by atoms with Crippen LogP contribution in [-0.4, -0.2) is 53.0 Å². The number of pyridine rings is 1. The summed E-state index contributed by atoms with van der Waals surface area (Å²) in [4.78, 5) is 11.4. The minimum Gasteiger partial charge on any atom is -0.339 e. The van der Waals surface area contributed by atoms with E-state index in [0.29, 0.717) is 29.7 Å². The van der Waals surface area contributed by atoms with Gasteiger partial charge in [0, 0.05) is 42.9 Å². The fourth-order valence-electron chi connectivity index (χ4n) is 4.76. The normalized spacial score (nSPS) is 14.8. The van der Waals surface area contributed by atoms with E-state index in [1.807, 2.05) is 35.2 Å². The van der Waals surface area contributed by atoms with Crippen molar-refractivity contribution in [1.29, 1.82) is 0 Å². The van der Waals surface area contributed by atoms with E-state index in [0.717, 1.165) is 42.8 Å². The molecular formula is C25H26FN9O. The van der Waals surface area contributed by atoms with Crippen molar-refractivity contribution >= 4 is 16.9 Å². The zero-order valence-electron chi connectivity index (χ0n) is 20.1. The van der Waals surface area contributed by atoms with Crippen LogP contribution in [0.2, 0.25) is 0 Å². The number of benzene rings is 1. The molecule has 10 nitrogen and oxygen atoms in total. The van der Waals surface area contributed by atoms with Crippen LogP contribution < -0.4 is 4.90 Å². The highest BCUT2D eigenvalue weighted by Gasteiger charge is 2.25. The number of piperidine rings is 1. The molecule has 0 N–H and O–H groups in total. The van der Waals surface area contributed by atoms with Gasteiger partial charge in [-0.25, -0.2) is 9.07 Å². The first-order valence-corrected chi connectivity index (χ1v) is 12.1. The predicted octanol–water partition coefficient (Wildman–Crippen LogP) is 4.09. The van der Waals surface area contributed by atoms with Gasteiger partial charge in [-0.2, -0.15) is 4.98 Å². The van der Waals surface area contributed by atoms with Crippen molar-refractivity contribution in [3.05, 3.63) is 72.0 Å². The molecule has 6 rings (SSSR count). The maximum atomic E-state index is 15.0. The lowest BCUT2D eigenvalue weighted by Gasteiger charge is -2.30. The van der Waals surface area contributed by atoms with Crippen LogP contribution in [0.1, 0.15) is 55.6 Å². The number of fused-ring (bicyclic) bond motifs is 1. The Kier molecular flexibility index (Phi) is 5.67. The fraction of sp³-hybridized carbons (Fsp3) is 0.360. The topological polar surface area (TPSA) is 104 Å². The lowest BCUT2D eigenvalue weighted by Crippen LogP contribution is -2.33. The van der Waals surface area contributed by atoms with E-state index in [1.54, 1.807) is 0 Å². The molecule has 1 aliphatic rings. The smallest absolute Gasteiger partial charge is 0.324 e. The standard InChI is InChI=1S/C25H26FN9O/c1-16(2)24-29-25(36-30-24)33-8-5-17(6-9-33)19-3-4-20(27-13-19)14-34-10-7-18-11-21(12-22(26)23(18)34)35-15-28-31-32-35/h3-4,7,10-13,15-17H,5-6,8-9,14H2,1-2H3. The van der Waals surface area contributed by atoms with Crippen LogP contribution in [0.25, 0.3) is 16.6 Å². The Labute approximate surface area is 206 Å². The van der Waals surface area contributed by atoms with Gasteiger partial charge < -0.3 is 14.0 Å². The maximum Gasteiger partial charge on any atom is 0.324 e. The molecule has 1 saturated heterocycles. The number of halogens is 1. The van der Waals surface area contributed by atoms with E-state index < -0.39 is 0 Å². The predicted molar refractivity (Wildman–Crippen MR) is 131 cm³/mol. The lowest BCUT2D eigenvalue weighted by molar-refractivity contribution is 0.387. The Morgan fingerprint density at radius 2 is 2.00 bits per heavy atom. The summed E-state index contributed by atoms with van der Waals surface area (Å²) < 4.78 is 23.8. The molecule has 36 heavy (non-hydrogen) atoms. The highest BCUT2D eigenvalue weighted by Crippen LogP contribution is 2.30. The van der Waals surface area contributed by atoms with Gasteiger partial charge in [0.15, 0.2) is 5.82 Å². The second kappa shape index (κ2) is 9.14. The molecule has 1 fully saturated rings. The van der Waals surface area contributed by atoms with Gasteiger partial charge in [0.2, 0.25) is 0 Å². The molecule has 0 spiro atoms. The monoisotopic (exact) mass is 487 g/mol. The first-order chi connectivity index (χ1) is 17.5. The molecule has 0 atom stereocenters. The van der Waals surface area contributed by atoms with Crippen molar-refractivity contribution in [2.75, 3.05) is 18.0 Å². The summed E-state index contributed by atoms with van der Waals surface area (Å²) in [7, 11) is 0. The number of aromatic nitrogens is 8. The quantitative estimate of drug-likeness (QED) is 0.353. The molecule has 5 aromatic rings. The van der Waals surface area contributed by atoms with Gasteiger partial charge in [-0.1, -0.05) is 25.1 Å². The van der Waals surface area contributed by atoms with Gasteiger partial charge in [0.25, 0.3) is 0 Å². The molecule has 0 amide bonds. The van der Waals surface area contributed by atoms with E-state index >= 15 is 0 Å². The Morgan fingerprint density at radius 1 is 1.14 bits per heavy atom. The van der Waals surface area contributed by atoms with Gasteiger partial charge in [-0.3, -0.25) is 4.98 Å². The maximum absolute atomic E-state index is 15.0. The fourth-order valence-corrected chi connectivity index (χ4v) is 4.76. The number of anilines is 1. The number of nitrogens with zero attached hydrogens (tertiary/aromatic N) is 9. The highest BCUT2D eigenvalue weighted by molar-refractivity contribution is 5.83. The average molecular weight is 488 g/mol. The molecule has 1 aromatic carbocycles. The molecule has 184 valence electrons. The highest BCUT2D eigenvalue weighted by atomic mass is 19.1. The van der Waals surface area contributed by atoms with Gasteiger partial charge in [0.05, 0.1) is 23.4 Å². The Bertz CT molecular complexity index is 1470. The Balaban J connectivity index is 1.12. The second-order valence-electron chi connectivity index (χ2n) is 9.50. The van der Waals surface area contributed by atoms with Crippen LogP contribution in [-0.2, 0) is 6.54 Å². The first-order valence-electron chi connectivity index (χ1n) is 12.1. The number of tetrazole rings is 1. The molecule has 0 radical (unpaired) electrons. The van der Waals surface area contributed by atoms with Crippen molar-refractivity contribution in [2.45, 2.75) is 45.1 Å². The van der Waals surface area contributed by atoms with Crippen LogP contribution in [0.5, 0.6) is 0 Å². The summed E-state index contributed by atoms with van der Waals surface area (Å²) in [5.41, 5.74) is 3.22. The van der Waals surface area contributed by atoms with Gasteiger partial charge in [-0.15, -0.1) is 5.10 Å². The van der Waals surface area contributed by atoms with Crippen LogP contribution in [0.3, 0.4) is 0 Å². The summed E-state index contributed by atoms with van der Waals surface area (Å²) >= 11 is 0. The molecular weight excluding hydrogens is 461 g/mol. The number of hydrogen-bond donors (Lipinski definition) is 0. The lowest BCUT2D eigenvalue weighted by atomic mass is 9.90. The Morgan fingerprint density at radius 3 is 2.69 bits per heavy atom. The summed E-state index contributed by atoms with van der Waals surface area (Å²) in [6.07, 6.45) is 7.28. The van der Waals surface area contributed by atoms with Crippen LogP contribution in [0.15, 0.2) is 53.6 Å². The van der Waals surface area contributed by atoms with Crippen molar-refractivity contribution in [1.82, 2.24) is 39.9 Å². The summed E-state index contributed by atoms with van der Waals surface area (Å²) in [6, 6.07) is 9.99. The van der Waals surface area contributed by atoms with E-state index in [9.17, 15) is 4.39 Å². The first kappa shape index (κ1) is 22.3. The van der Waals surface area contributed by atoms with E-state index in [-0.39, 0.29) is 11.7 Å². The zero-order valence-corrected chi connectivity index (χ0v) is 20.1. The third-order valence-corrected chi connectivity index (χ3v) is 6.78. The van der Waals surface area contributed by atoms with Crippen molar-refractivity contribution in [2.24, 2.45) is 0 Å². The molecule has 5 heterocycles. The van der Waals surface area contributed by atoms with E-state index in [1.165, 1.54) is 22.6 Å². The summed E-state index contributed by atoms with van der Waals surface area (Å²) in [6.45, 7) is 6.34. The summed E-state index contributed by atoms with van der Waals surface area (Å²) in [5.74, 6) is 1.11. The van der Waals surface area contributed by atoms with Crippen LogP contribution >= 0.6 is 0 Å². The SMILES string of the molecule is CC(C)c1noc(N2CCC(c3ccc(Cn4ccc5cc(-n6cnnn6)cc(F)c54)nc3)CC2)n1. The molecule has 11 heteroatoms. The third kappa shape index (κ3) is 4.21. The number of hydrogen-bond acceptors (Lipinski definition) is 8. The molecule has 0 bridgehead atoms. The van der Waals surface area contributed by atoms with Gasteiger partial charge in [0.1, 0.15) is 12.1 Å². The van der Waals surface area contributed by atoms with Crippen LogP contribution in [0, 0.1) is 5.82 Å². The largest absolute Gasteiger partial charge is 0.339 e. The van der Waals surface area contributed by atoms with Crippen molar-refractivity contribution in [3.63, 3.8) is 0 Å². The van der Waals surface area contributed by atoms with Crippen molar-refractivity contribution in [3.8, 4) is 5.69 Å². The van der Waals surface area contributed by atoms with Gasteiger partial charge >= 0.3 is 6.01 Å². The minimum atomic E-state index is -0.326. The van der Waals surface area contributed by atoms with Crippen LogP contribution in [0.4, 0.5) is 10.4 Å².